The van der Waals surface area contributed by atoms with Crippen molar-refractivity contribution >= 4 is 11.9 Å². The first-order chi connectivity index (χ1) is 7.56. The van der Waals surface area contributed by atoms with Crippen LogP contribution in [0.5, 0.6) is 5.75 Å². The first-order valence-electron chi connectivity index (χ1n) is 4.79. The van der Waals surface area contributed by atoms with E-state index in [9.17, 15) is 9.59 Å². The Morgan fingerprint density at radius 2 is 1.94 bits per heavy atom. The van der Waals surface area contributed by atoms with Crippen LogP contribution in [-0.2, 0) is 0 Å². The number of carboxylic acid groups (broad SMARTS) is 2. The fourth-order valence-electron chi connectivity index (χ4n) is 1.16. The van der Waals surface area contributed by atoms with Crippen LogP contribution in [0.4, 0.5) is 0 Å². The maximum Gasteiger partial charge on any atom is 0.339 e. The lowest BCUT2D eigenvalue weighted by atomic mass is 10.1. The predicted octanol–water partition coefficient (Wildman–Crippen LogP) is 1.87. The van der Waals surface area contributed by atoms with E-state index in [0.29, 0.717) is 6.61 Å². The largest absolute Gasteiger partial charge is 0.493 e. The third-order valence-electron chi connectivity index (χ3n) is 1.92. The minimum absolute atomic E-state index is 0.0103. The van der Waals surface area contributed by atoms with Gasteiger partial charge < -0.3 is 14.9 Å². The van der Waals surface area contributed by atoms with E-state index in [-0.39, 0.29) is 16.9 Å². The van der Waals surface area contributed by atoms with Gasteiger partial charge in [0.25, 0.3) is 0 Å². The lowest BCUT2D eigenvalue weighted by Crippen LogP contribution is -2.06. The van der Waals surface area contributed by atoms with Gasteiger partial charge >= 0.3 is 11.9 Å². The number of benzene rings is 1. The van der Waals surface area contributed by atoms with Gasteiger partial charge in [-0.3, -0.25) is 0 Å². The molecule has 0 saturated carbocycles. The minimum Gasteiger partial charge on any atom is -0.493 e. The number of hydrogen-bond acceptors (Lipinski definition) is 3. The molecular weight excluding hydrogens is 212 g/mol. The Kier molecular flexibility index (Phi) is 3.88. The zero-order valence-corrected chi connectivity index (χ0v) is 8.77. The number of ether oxygens (including phenoxy) is 1. The molecule has 86 valence electrons. The van der Waals surface area contributed by atoms with E-state index < -0.39 is 11.9 Å². The second kappa shape index (κ2) is 5.16. The maximum absolute atomic E-state index is 10.8. The van der Waals surface area contributed by atoms with Crippen molar-refractivity contribution in [2.45, 2.75) is 13.3 Å². The van der Waals surface area contributed by atoms with E-state index in [1.807, 2.05) is 6.92 Å². The zero-order chi connectivity index (χ0) is 12.1. The maximum atomic E-state index is 10.8. The van der Waals surface area contributed by atoms with E-state index in [1.165, 1.54) is 18.2 Å². The summed E-state index contributed by atoms with van der Waals surface area (Å²) in [5, 5.41) is 17.6. The molecule has 0 aliphatic carbocycles. The molecule has 0 saturated heterocycles. The van der Waals surface area contributed by atoms with Gasteiger partial charge in [0.2, 0.25) is 0 Å². The normalized spacial score (nSPS) is 9.81. The van der Waals surface area contributed by atoms with Crippen molar-refractivity contribution in [3.8, 4) is 5.75 Å². The summed E-state index contributed by atoms with van der Waals surface area (Å²) in [7, 11) is 0. The van der Waals surface area contributed by atoms with Crippen LogP contribution in [0.2, 0.25) is 0 Å². The molecule has 5 heteroatoms. The average Bonchev–Trinajstić information content (AvgIpc) is 2.25. The van der Waals surface area contributed by atoms with Crippen molar-refractivity contribution in [3.63, 3.8) is 0 Å². The Labute approximate surface area is 92.3 Å². The van der Waals surface area contributed by atoms with E-state index in [0.717, 1.165) is 6.42 Å². The molecule has 0 spiro atoms. The Morgan fingerprint density at radius 1 is 1.25 bits per heavy atom. The van der Waals surface area contributed by atoms with Crippen LogP contribution in [0.1, 0.15) is 34.1 Å². The van der Waals surface area contributed by atoms with Gasteiger partial charge in [0.05, 0.1) is 12.2 Å². The molecule has 0 fully saturated rings. The monoisotopic (exact) mass is 224 g/mol. The second-order valence-electron chi connectivity index (χ2n) is 3.17. The molecule has 0 amide bonds. The van der Waals surface area contributed by atoms with Gasteiger partial charge in [0.15, 0.2) is 0 Å². The Bertz CT molecular complexity index is 411. The van der Waals surface area contributed by atoms with Crippen molar-refractivity contribution in [2.24, 2.45) is 0 Å². The molecule has 0 aliphatic rings. The standard InChI is InChI=1S/C11H12O5/c1-2-5-16-9-6-7(10(12)13)3-4-8(9)11(14)15/h3-4,6H,2,5H2,1H3,(H,12,13)(H,14,15). The van der Waals surface area contributed by atoms with Crippen molar-refractivity contribution in [3.05, 3.63) is 29.3 Å². The first kappa shape index (κ1) is 12.0. The summed E-state index contributed by atoms with van der Waals surface area (Å²) in [6, 6.07) is 3.70. The highest BCUT2D eigenvalue weighted by Crippen LogP contribution is 2.21. The smallest absolute Gasteiger partial charge is 0.339 e. The van der Waals surface area contributed by atoms with Crippen molar-refractivity contribution in [1.29, 1.82) is 0 Å². The van der Waals surface area contributed by atoms with Gasteiger partial charge in [0, 0.05) is 0 Å². The van der Waals surface area contributed by atoms with Gasteiger partial charge in [-0.1, -0.05) is 6.92 Å². The topological polar surface area (TPSA) is 83.8 Å². The first-order valence-corrected chi connectivity index (χ1v) is 4.79. The van der Waals surface area contributed by atoms with Crippen molar-refractivity contribution in [2.75, 3.05) is 6.61 Å². The fourth-order valence-corrected chi connectivity index (χ4v) is 1.16. The number of hydrogen-bond donors (Lipinski definition) is 2. The summed E-state index contributed by atoms with van der Waals surface area (Å²) in [5.74, 6) is -2.16. The third-order valence-corrected chi connectivity index (χ3v) is 1.92. The van der Waals surface area contributed by atoms with E-state index in [4.69, 9.17) is 14.9 Å². The van der Waals surface area contributed by atoms with Crippen LogP contribution in [-0.4, -0.2) is 28.8 Å². The van der Waals surface area contributed by atoms with Crippen LogP contribution in [0.25, 0.3) is 0 Å². The molecule has 0 aliphatic heterocycles. The fraction of sp³-hybridized carbons (Fsp3) is 0.273. The van der Waals surface area contributed by atoms with Gasteiger partial charge in [-0.2, -0.15) is 0 Å². The third kappa shape index (κ3) is 2.73. The summed E-state index contributed by atoms with van der Waals surface area (Å²) < 4.78 is 5.19. The molecule has 0 heterocycles. The summed E-state index contributed by atoms with van der Waals surface area (Å²) in [6.45, 7) is 2.23. The zero-order valence-electron chi connectivity index (χ0n) is 8.77. The van der Waals surface area contributed by atoms with E-state index in [1.54, 1.807) is 0 Å². The molecule has 16 heavy (non-hydrogen) atoms. The number of carbonyl (C=O) groups is 2. The van der Waals surface area contributed by atoms with Crippen molar-refractivity contribution in [1.82, 2.24) is 0 Å². The highest BCUT2D eigenvalue weighted by atomic mass is 16.5. The van der Waals surface area contributed by atoms with Crippen LogP contribution in [0.15, 0.2) is 18.2 Å². The Morgan fingerprint density at radius 3 is 2.44 bits per heavy atom. The molecule has 1 aromatic carbocycles. The summed E-state index contributed by atoms with van der Waals surface area (Å²) in [6.07, 6.45) is 0.719. The minimum atomic E-state index is -1.14. The molecule has 0 radical (unpaired) electrons. The number of carboxylic acids is 2. The SMILES string of the molecule is CCCOc1cc(C(=O)O)ccc1C(=O)O. The number of aromatic carboxylic acids is 2. The molecule has 0 bridgehead atoms. The van der Waals surface area contributed by atoms with Crippen LogP contribution >= 0.6 is 0 Å². The summed E-state index contributed by atoms with van der Waals surface area (Å²) in [4.78, 5) is 21.5. The lowest BCUT2D eigenvalue weighted by molar-refractivity contribution is 0.0677. The van der Waals surface area contributed by atoms with Gasteiger partial charge in [-0.25, -0.2) is 9.59 Å². The highest BCUT2D eigenvalue weighted by molar-refractivity contribution is 5.94. The van der Waals surface area contributed by atoms with E-state index in [2.05, 4.69) is 0 Å². The molecule has 0 atom stereocenters. The van der Waals surface area contributed by atoms with Crippen LogP contribution in [0.3, 0.4) is 0 Å². The van der Waals surface area contributed by atoms with Gasteiger partial charge in [-0.15, -0.1) is 0 Å². The summed E-state index contributed by atoms with van der Waals surface area (Å²) >= 11 is 0. The Balaban J connectivity index is 3.10. The van der Waals surface area contributed by atoms with Crippen LogP contribution < -0.4 is 4.74 Å². The molecule has 1 rings (SSSR count). The van der Waals surface area contributed by atoms with E-state index >= 15 is 0 Å². The second-order valence-corrected chi connectivity index (χ2v) is 3.17. The van der Waals surface area contributed by atoms with Crippen LogP contribution in [0, 0.1) is 0 Å². The van der Waals surface area contributed by atoms with Crippen molar-refractivity contribution < 1.29 is 24.5 Å². The molecular formula is C11H12O5. The average molecular weight is 224 g/mol. The molecule has 1 aromatic rings. The van der Waals surface area contributed by atoms with Gasteiger partial charge in [-0.05, 0) is 24.6 Å². The Hall–Kier alpha value is -2.04. The molecule has 2 N–H and O–H groups in total. The summed E-state index contributed by atoms with van der Waals surface area (Å²) in [5.41, 5.74) is -0.0189. The lowest BCUT2D eigenvalue weighted by Gasteiger charge is -2.08. The highest BCUT2D eigenvalue weighted by Gasteiger charge is 2.14. The quantitative estimate of drug-likeness (QED) is 0.797. The predicted molar refractivity (Wildman–Crippen MR) is 56.1 cm³/mol. The van der Waals surface area contributed by atoms with Gasteiger partial charge in [0.1, 0.15) is 11.3 Å². The number of rotatable bonds is 5. The molecule has 0 aromatic heterocycles. The molecule has 0 unspecified atom stereocenters. The molecule has 5 nitrogen and oxygen atoms in total.